The van der Waals surface area contributed by atoms with Crippen molar-refractivity contribution in [2.45, 2.75) is 39.0 Å². The van der Waals surface area contributed by atoms with Crippen LogP contribution < -0.4 is 5.73 Å². The molecule has 19 heavy (non-hydrogen) atoms. The summed E-state index contributed by atoms with van der Waals surface area (Å²) in [5, 5.41) is 0. The van der Waals surface area contributed by atoms with E-state index in [1.165, 1.54) is 0 Å². The molecule has 5 nitrogen and oxygen atoms in total. The highest BCUT2D eigenvalue weighted by molar-refractivity contribution is 7.86. The lowest BCUT2D eigenvalue weighted by molar-refractivity contribution is 0.228. The standard InChI is InChI=1S/C13H27N3O2S/c1-12-3-8-15(9-4-12)19(17,18)16-10-5-13(2-7-14)6-11-16/h12-13H,2-11,14H2,1H3. The molecule has 0 aromatic carbocycles. The molecule has 0 saturated carbocycles. The van der Waals surface area contributed by atoms with Gasteiger partial charge in [0.05, 0.1) is 0 Å². The van der Waals surface area contributed by atoms with Crippen LogP contribution in [0.15, 0.2) is 0 Å². The van der Waals surface area contributed by atoms with E-state index in [1.54, 1.807) is 8.61 Å². The van der Waals surface area contributed by atoms with Crippen LogP contribution in [0.5, 0.6) is 0 Å². The molecule has 112 valence electrons. The molecule has 0 atom stereocenters. The van der Waals surface area contributed by atoms with Gasteiger partial charge in [0.15, 0.2) is 0 Å². The first-order valence-corrected chi connectivity index (χ1v) is 8.89. The Hall–Kier alpha value is -0.170. The monoisotopic (exact) mass is 289 g/mol. The number of piperidine rings is 2. The van der Waals surface area contributed by atoms with Crippen molar-refractivity contribution in [1.82, 2.24) is 8.61 Å². The van der Waals surface area contributed by atoms with E-state index >= 15 is 0 Å². The van der Waals surface area contributed by atoms with Crippen molar-refractivity contribution in [3.63, 3.8) is 0 Å². The number of nitrogens with zero attached hydrogens (tertiary/aromatic N) is 2. The van der Waals surface area contributed by atoms with Crippen molar-refractivity contribution in [2.24, 2.45) is 17.6 Å². The first-order chi connectivity index (χ1) is 9.04. The van der Waals surface area contributed by atoms with E-state index in [0.717, 1.165) is 32.1 Å². The van der Waals surface area contributed by atoms with Gasteiger partial charge in [0.25, 0.3) is 10.2 Å². The summed E-state index contributed by atoms with van der Waals surface area (Å²) in [6, 6.07) is 0. The van der Waals surface area contributed by atoms with Crippen molar-refractivity contribution in [3.05, 3.63) is 0 Å². The normalized spacial score (nSPS) is 25.8. The molecule has 0 amide bonds. The van der Waals surface area contributed by atoms with Gasteiger partial charge in [0.2, 0.25) is 0 Å². The molecule has 2 rings (SSSR count). The largest absolute Gasteiger partial charge is 0.330 e. The van der Waals surface area contributed by atoms with Crippen LogP contribution in [0, 0.1) is 11.8 Å². The van der Waals surface area contributed by atoms with Crippen LogP contribution in [0.2, 0.25) is 0 Å². The second kappa shape index (κ2) is 6.52. The third-order valence-corrected chi connectivity index (χ3v) is 6.58. The first-order valence-electron chi connectivity index (χ1n) is 7.49. The van der Waals surface area contributed by atoms with Gasteiger partial charge >= 0.3 is 0 Å². The molecule has 2 fully saturated rings. The van der Waals surface area contributed by atoms with Crippen LogP contribution in [0.3, 0.4) is 0 Å². The lowest BCUT2D eigenvalue weighted by Gasteiger charge is -2.37. The first kappa shape index (κ1) is 15.2. The maximum absolute atomic E-state index is 12.5. The number of hydrogen-bond acceptors (Lipinski definition) is 3. The quantitative estimate of drug-likeness (QED) is 0.840. The minimum Gasteiger partial charge on any atom is -0.330 e. The smallest absolute Gasteiger partial charge is 0.281 e. The Morgan fingerprint density at radius 3 is 1.95 bits per heavy atom. The fraction of sp³-hybridized carbons (Fsp3) is 1.00. The topological polar surface area (TPSA) is 66.6 Å². The Bertz CT molecular complexity index is 369. The minimum atomic E-state index is -3.21. The van der Waals surface area contributed by atoms with Gasteiger partial charge in [-0.3, -0.25) is 0 Å². The predicted molar refractivity (Wildman–Crippen MR) is 76.9 cm³/mol. The van der Waals surface area contributed by atoms with Crippen molar-refractivity contribution < 1.29 is 8.42 Å². The molecule has 0 aromatic rings. The molecule has 2 aliphatic heterocycles. The summed E-state index contributed by atoms with van der Waals surface area (Å²) in [6.07, 6.45) is 4.92. The van der Waals surface area contributed by atoms with E-state index in [2.05, 4.69) is 6.92 Å². The Balaban J connectivity index is 1.90. The average Bonchev–Trinajstić information content (AvgIpc) is 2.40. The second-order valence-corrected chi connectivity index (χ2v) is 7.94. The van der Waals surface area contributed by atoms with Gasteiger partial charge in [-0.15, -0.1) is 0 Å². The lowest BCUT2D eigenvalue weighted by Crippen LogP contribution is -2.49. The van der Waals surface area contributed by atoms with Crippen LogP contribution >= 0.6 is 0 Å². The molecular weight excluding hydrogens is 262 g/mol. The van der Waals surface area contributed by atoms with Gasteiger partial charge in [0, 0.05) is 26.2 Å². The van der Waals surface area contributed by atoms with E-state index in [4.69, 9.17) is 5.73 Å². The Kier molecular flexibility index (Phi) is 5.22. The van der Waals surface area contributed by atoms with Gasteiger partial charge in [-0.25, -0.2) is 0 Å². The zero-order chi connectivity index (χ0) is 13.9. The van der Waals surface area contributed by atoms with E-state index in [1.807, 2.05) is 0 Å². The summed E-state index contributed by atoms with van der Waals surface area (Å²) >= 11 is 0. The fourth-order valence-corrected chi connectivity index (χ4v) is 4.71. The molecule has 6 heteroatoms. The zero-order valence-electron chi connectivity index (χ0n) is 11.9. The predicted octanol–water partition coefficient (Wildman–Crippen LogP) is 1.02. The van der Waals surface area contributed by atoms with Gasteiger partial charge in [-0.05, 0) is 50.5 Å². The maximum Gasteiger partial charge on any atom is 0.281 e. The van der Waals surface area contributed by atoms with Gasteiger partial charge in [0.1, 0.15) is 0 Å². The van der Waals surface area contributed by atoms with Crippen LogP contribution in [-0.2, 0) is 10.2 Å². The SMILES string of the molecule is CC1CCN(S(=O)(=O)N2CCC(CCN)CC2)CC1. The van der Waals surface area contributed by atoms with E-state index in [9.17, 15) is 8.42 Å². The second-order valence-electron chi connectivity index (χ2n) is 6.01. The third-order valence-electron chi connectivity index (χ3n) is 4.54. The number of nitrogens with two attached hydrogens (primary N) is 1. The zero-order valence-corrected chi connectivity index (χ0v) is 12.7. The molecule has 0 aromatic heterocycles. The molecular formula is C13H27N3O2S. The molecule has 2 heterocycles. The fourth-order valence-electron chi connectivity index (χ4n) is 3.04. The number of rotatable bonds is 4. The van der Waals surface area contributed by atoms with Crippen molar-refractivity contribution in [1.29, 1.82) is 0 Å². The average molecular weight is 289 g/mol. The van der Waals surface area contributed by atoms with E-state index < -0.39 is 10.2 Å². The van der Waals surface area contributed by atoms with Crippen LogP contribution in [0.4, 0.5) is 0 Å². The van der Waals surface area contributed by atoms with Crippen molar-refractivity contribution in [2.75, 3.05) is 32.7 Å². The third kappa shape index (κ3) is 3.68. The molecule has 0 aliphatic carbocycles. The molecule has 0 radical (unpaired) electrons. The Morgan fingerprint density at radius 2 is 1.47 bits per heavy atom. The summed E-state index contributed by atoms with van der Waals surface area (Å²) in [5.41, 5.74) is 5.57. The Morgan fingerprint density at radius 1 is 1.00 bits per heavy atom. The molecule has 0 unspecified atom stereocenters. The van der Waals surface area contributed by atoms with Crippen molar-refractivity contribution >= 4 is 10.2 Å². The minimum absolute atomic E-state index is 0.609. The highest BCUT2D eigenvalue weighted by Crippen LogP contribution is 2.26. The summed E-state index contributed by atoms with van der Waals surface area (Å²) in [7, 11) is -3.21. The molecule has 0 spiro atoms. The van der Waals surface area contributed by atoms with Crippen LogP contribution in [0.25, 0.3) is 0 Å². The maximum atomic E-state index is 12.5. The summed E-state index contributed by atoms with van der Waals surface area (Å²) < 4.78 is 28.4. The van der Waals surface area contributed by atoms with E-state index in [0.29, 0.717) is 44.6 Å². The Labute approximate surface area is 117 Å². The van der Waals surface area contributed by atoms with Crippen molar-refractivity contribution in [3.8, 4) is 0 Å². The van der Waals surface area contributed by atoms with Gasteiger partial charge in [-0.1, -0.05) is 6.92 Å². The highest BCUT2D eigenvalue weighted by Gasteiger charge is 2.34. The highest BCUT2D eigenvalue weighted by atomic mass is 32.2. The van der Waals surface area contributed by atoms with Crippen LogP contribution in [0.1, 0.15) is 39.0 Å². The van der Waals surface area contributed by atoms with Crippen LogP contribution in [-0.4, -0.2) is 49.8 Å². The number of hydrogen-bond donors (Lipinski definition) is 1. The van der Waals surface area contributed by atoms with Gasteiger partial charge < -0.3 is 5.73 Å². The summed E-state index contributed by atoms with van der Waals surface area (Å²) in [5.74, 6) is 1.26. The lowest BCUT2D eigenvalue weighted by atomic mass is 9.95. The molecule has 0 bridgehead atoms. The summed E-state index contributed by atoms with van der Waals surface area (Å²) in [4.78, 5) is 0. The molecule has 2 N–H and O–H groups in total. The summed E-state index contributed by atoms with van der Waals surface area (Å²) in [6.45, 7) is 5.61. The molecule has 2 saturated heterocycles. The van der Waals surface area contributed by atoms with E-state index in [-0.39, 0.29) is 0 Å². The van der Waals surface area contributed by atoms with Gasteiger partial charge in [-0.2, -0.15) is 17.0 Å². The molecule has 2 aliphatic rings.